The quantitative estimate of drug-likeness (QED) is 0.479. The lowest BCUT2D eigenvalue weighted by Gasteiger charge is -2.05. The maximum atomic E-state index is 11.3. The van der Waals surface area contributed by atoms with Crippen molar-refractivity contribution < 1.29 is 9.13 Å². The number of fused-ring (bicyclic) bond motifs is 3. The van der Waals surface area contributed by atoms with Gasteiger partial charge < -0.3 is 0 Å². The van der Waals surface area contributed by atoms with Crippen LogP contribution in [0.1, 0.15) is 0 Å². The van der Waals surface area contributed by atoms with Gasteiger partial charge >= 0.3 is 7.68 Å². The fourth-order valence-corrected chi connectivity index (χ4v) is 2.82. The molecular weight excluding hydrogens is 231 g/mol. The van der Waals surface area contributed by atoms with Gasteiger partial charge in [0.2, 0.25) is 0 Å². The molecule has 0 saturated heterocycles. The summed E-state index contributed by atoms with van der Waals surface area (Å²) in [4.78, 5) is 0. The molecule has 0 heterocycles. The van der Waals surface area contributed by atoms with Gasteiger partial charge in [-0.3, -0.25) is 0 Å². The van der Waals surface area contributed by atoms with Gasteiger partial charge in [-0.05, 0) is 22.2 Å². The van der Waals surface area contributed by atoms with E-state index >= 15 is 0 Å². The van der Waals surface area contributed by atoms with Crippen LogP contribution in [-0.2, 0) is 9.13 Å². The van der Waals surface area contributed by atoms with Gasteiger partial charge in [0.1, 0.15) is 0 Å². The molecule has 3 rings (SSSR count). The molecule has 3 heteroatoms. The molecule has 82 valence electrons. The van der Waals surface area contributed by atoms with Crippen LogP contribution in [0.2, 0.25) is 0 Å². The van der Waals surface area contributed by atoms with Crippen molar-refractivity contribution in [1.82, 2.24) is 0 Å². The molecule has 0 spiro atoms. The maximum absolute atomic E-state index is 11.3. The van der Waals surface area contributed by atoms with Crippen molar-refractivity contribution in [2.24, 2.45) is 0 Å². The summed E-state index contributed by atoms with van der Waals surface area (Å²) in [5.41, 5.74) is 0. The molecule has 0 fully saturated rings. The minimum atomic E-state index is -2.57. The van der Waals surface area contributed by atoms with Gasteiger partial charge in [0.05, 0.1) is 5.30 Å². The van der Waals surface area contributed by atoms with Crippen LogP contribution in [0, 0.1) is 0 Å². The van der Waals surface area contributed by atoms with Crippen molar-refractivity contribution in [2.45, 2.75) is 0 Å². The van der Waals surface area contributed by atoms with Crippen LogP contribution in [0.3, 0.4) is 0 Å². The minimum absolute atomic E-state index is 0.398. The molecule has 0 aliphatic carbocycles. The Hall–Kier alpha value is -1.92. The zero-order valence-electron chi connectivity index (χ0n) is 8.96. The highest BCUT2D eigenvalue weighted by molar-refractivity contribution is 7.41. The molecule has 3 aromatic carbocycles. The molecule has 3 aromatic rings. The van der Waals surface area contributed by atoms with Gasteiger partial charge in [-0.2, -0.15) is 0 Å². The number of rotatable bonds is 1. The first-order valence-electron chi connectivity index (χ1n) is 5.32. The van der Waals surface area contributed by atoms with Gasteiger partial charge in [0.25, 0.3) is 0 Å². The van der Waals surface area contributed by atoms with E-state index in [1.807, 2.05) is 48.5 Å². The van der Waals surface area contributed by atoms with Gasteiger partial charge in [0.15, 0.2) is 0 Å². The molecule has 0 aliphatic heterocycles. The second-order valence-corrected chi connectivity index (χ2v) is 4.92. The van der Waals surface area contributed by atoms with Crippen molar-refractivity contribution in [3.63, 3.8) is 0 Å². The van der Waals surface area contributed by atoms with E-state index in [-0.39, 0.29) is 0 Å². The van der Waals surface area contributed by atoms with Crippen molar-refractivity contribution in [1.29, 1.82) is 0 Å². The van der Waals surface area contributed by atoms with Crippen LogP contribution in [0.4, 0.5) is 0 Å². The lowest BCUT2D eigenvalue weighted by atomic mass is 10.0. The van der Waals surface area contributed by atoms with Crippen molar-refractivity contribution in [3.8, 4) is 0 Å². The molecule has 0 aromatic heterocycles. The van der Waals surface area contributed by atoms with Gasteiger partial charge in [0, 0.05) is 5.39 Å². The first kappa shape index (κ1) is 10.2. The predicted octanol–water partition coefficient (Wildman–Crippen LogP) is 3.79. The van der Waals surface area contributed by atoms with Crippen molar-refractivity contribution in [2.75, 3.05) is 0 Å². The topological polar surface area (TPSA) is 34.1 Å². The predicted molar refractivity (Wildman–Crippen MR) is 69.4 cm³/mol. The van der Waals surface area contributed by atoms with E-state index in [1.54, 1.807) is 6.07 Å². The van der Waals surface area contributed by atoms with Crippen LogP contribution in [0.5, 0.6) is 0 Å². The third-order valence-corrected chi connectivity index (χ3v) is 3.71. The van der Waals surface area contributed by atoms with Crippen molar-refractivity contribution in [3.05, 3.63) is 54.6 Å². The summed E-state index contributed by atoms with van der Waals surface area (Å²) in [5, 5.41) is 4.22. The minimum Gasteiger partial charge on any atom is -0.232 e. The summed E-state index contributed by atoms with van der Waals surface area (Å²) in [7, 11) is -2.57. The van der Waals surface area contributed by atoms with E-state index < -0.39 is 7.68 Å². The lowest BCUT2D eigenvalue weighted by Crippen LogP contribution is -1.96. The van der Waals surface area contributed by atoms with Gasteiger partial charge in [-0.25, -0.2) is 9.13 Å². The second kappa shape index (κ2) is 3.83. The van der Waals surface area contributed by atoms with Crippen LogP contribution in [0.25, 0.3) is 21.5 Å². The third-order valence-electron chi connectivity index (χ3n) is 2.94. The molecule has 0 saturated carbocycles. The second-order valence-electron chi connectivity index (χ2n) is 3.92. The Labute approximate surface area is 98.7 Å². The lowest BCUT2D eigenvalue weighted by molar-refractivity contribution is 0.523. The molecule has 0 radical (unpaired) electrons. The summed E-state index contributed by atoms with van der Waals surface area (Å²) in [5.74, 6) is 0. The third kappa shape index (κ3) is 1.58. The Morgan fingerprint density at radius 3 is 2.00 bits per heavy atom. The van der Waals surface area contributed by atoms with Crippen LogP contribution in [-0.4, -0.2) is 0 Å². The van der Waals surface area contributed by atoms with E-state index in [9.17, 15) is 9.13 Å². The normalized spacial score (nSPS) is 10.8. The van der Waals surface area contributed by atoms with E-state index in [2.05, 4.69) is 0 Å². The maximum Gasteiger partial charge on any atom is 0.349 e. The molecule has 0 unspecified atom stereocenters. The Bertz CT molecular complexity index is 780. The van der Waals surface area contributed by atoms with E-state index in [1.165, 1.54) is 0 Å². The number of hydrogen-bond donors (Lipinski definition) is 0. The zero-order valence-corrected chi connectivity index (χ0v) is 9.85. The molecule has 2 nitrogen and oxygen atoms in total. The van der Waals surface area contributed by atoms with Crippen LogP contribution >= 0.6 is 7.68 Å². The SMILES string of the molecule is O=P(=O)c1cc2ccccc2c2ccccc12. The summed E-state index contributed by atoms with van der Waals surface area (Å²) < 4.78 is 22.6. The van der Waals surface area contributed by atoms with E-state index in [4.69, 9.17) is 0 Å². The fraction of sp³-hybridized carbons (Fsp3) is 0. The summed E-state index contributed by atoms with van der Waals surface area (Å²) in [6, 6.07) is 17.2. The van der Waals surface area contributed by atoms with Crippen LogP contribution in [0.15, 0.2) is 54.6 Å². The highest BCUT2D eigenvalue weighted by Crippen LogP contribution is 2.26. The highest BCUT2D eigenvalue weighted by Gasteiger charge is 2.08. The zero-order chi connectivity index (χ0) is 11.8. The average Bonchev–Trinajstić information content (AvgIpc) is 2.37. The molecule has 0 atom stereocenters. The largest absolute Gasteiger partial charge is 0.349 e. The van der Waals surface area contributed by atoms with Crippen molar-refractivity contribution >= 4 is 34.5 Å². The molecule has 0 aliphatic rings. The Morgan fingerprint density at radius 1 is 0.706 bits per heavy atom. The average molecular weight is 240 g/mol. The summed E-state index contributed by atoms with van der Waals surface area (Å²) in [6.45, 7) is 0. The first-order chi connectivity index (χ1) is 8.27. The first-order valence-corrected chi connectivity index (χ1v) is 6.50. The van der Waals surface area contributed by atoms with Gasteiger partial charge in [-0.1, -0.05) is 48.5 Å². The molecule has 17 heavy (non-hydrogen) atoms. The van der Waals surface area contributed by atoms with E-state index in [0.29, 0.717) is 5.30 Å². The summed E-state index contributed by atoms with van der Waals surface area (Å²) in [6.07, 6.45) is 0. The fourth-order valence-electron chi connectivity index (χ4n) is 2.19. The molecule has 0 N–H and O–H groups in total. The summed E-state index contributed by atoms with van der Waals surface area (Å²) >= 11 is 0. The molecule has 0 amide bonds. The smallest absolute Gasteiger partial charge is 0.232 e. The Morgan fingerprint density at radius 2 is 1.29 bits per heavy atom. The number of benzene rings is 3. The molecule has 0 bridgehead atoms. The Balaban J connectivity index is 2.64. The molecular formula is C14H9O2P. The Kier molecular flexibility index (Phi) is 2.31. The standard InChI is InChI=1S/C14H9O2P/c15-17(16)14-9-10-5-1-2-6-11(10)12-7-3-4-8-13(12)14/h1-9H. The number of hydrogen-bond acceptors (Lipinski definition) is 2. The van der Waals surface area contributed by atoms with Crippen LogP contribution < -0.4 is 5.30 Å². The highest BCUT2D eigenvalue weighted by atomic mass is 31.1. The van der Waals surface area contributed by atoms with Gasteiger partial charge in [-0.15, -0.1) is 0 Å². The van der Waals surface area contributed by atoms with E-state index in [0.717, 1.165) is 21.5 Å². The monoisotopic (exact) mass is 240 g/mol.